The maximum absolute atomic E-state index is 11.5. The van der Waals surface area contributed by atoms with Crippen LogP contribution < -0.4 is 16.0 Å². The van der Waals surface area contributed by atoms with Crippen molar-refractivity contribution in [2.45, 2.75) is 26.8 Å². The van der Waals surface area contributed by atoms with Crippen molar-refractivity contribution in [1.29, 1.82) is 0 Å². The number of hydrogen-bond donors (Lipinski definition) is 4. The van der Waals surface area contributed by atoms with Gasteiger partial charge in [-0.15, -0.1) is 0 Å². The summed E-state index contributed by atoms with van der Waals surface area (Å²) in [4.78, 5) is 33.3. The molecule has 0 radical (unpaired) electrons. The van der Waals surface area contributed by atoms with Gasteiger partial charge in [0.2, 0.25) is 5.91 Å². The number of benzene rings is 1. The van der Waals surface area contributed by atoms with Gasteiger partial charge in [0.15, 0.2) is 0 Å². The minimum atomic E-state index is -0.959. The Morgan fingerprint density at radius 2 is 1.73 bits per heavy atom. The summed E-state index contributed by atoms with van der Waals surface area (Å²) in [5.74, 6) is -1.10. The van der Waals surface area contributed by atoms with Crippen molar-refractivity contribution in [3.63, 3.8) is 0 Å². The molecule has 1 rings (SSSR count). The van der Waals surface area contributed by atoms with Crippen LogP contribution in [0.3, 0.4) is 0 Å². The number of aliphatic carboxylic acids is 1. The molecular weight excluding hydrogens is 286 g/mol. The molecule has 1 aromatic rings. The van der Waals surface area contributed by atoms with E-state index in [1.807, 2.05) is 13.8 Å². The molecule has 0 aliphatic heterocycles. The number of urea groups is 1. The van der Waals surface area contributed by atoms with Crippen molar-refractivity contribution >= 4 is 23.6 Å². The van der Waals surface area contributed by atoms with E-state index in [-0.39, 0.29) is 24.8 Å². The molecule has 0 unspecified atom stereocenters. The second-order valence-electron chi connectivity index (χ2n) is 5.09. The molecule has 0 saturated heterocycles. The predicted octanol–water partition coefficient (Wildman–Crippen LogP) is 1.55. The van der Waals surface area contributed by atoms with Crippen LogP contribution in [0.4, 0.5) is 10.5 Å². The summed E-state index contributed by atoms with van der Waals surface area (Å²) >= 11 is 0. The summed E-state index contributed by atoms with van der Waals surface area (Å²) in [6.45, 7) is 4.03. The molecule has 3 amide bonds. The van der Waals surface area contributed by atoms with Crippen molar-refractivity contribution < 1.29 is 19.5 Å². The first-order valence-electron chi connectivity index (χ1n) is 7.01. The number of carboxylic acids is 1. The maximum atomic E-state index is 11.5. The quantitative estimate of drug-likeness (QED) is 0.613. The average molecular weight is 307 g/mol. The van der Waals surface area contributed by atoms with Crippen LogP contribution in [-0.2, 0) is 16.1 Å². The van der Waals surface area contributed by atoms with Gasteiger partial charge in [-0.3, -0.25) is 9.59 Å². The highest BCUT2D eigenvalue weighted by Gasteiger charge is 2.07. The molecule has 22 heavy (non-hydrogen) atoms. The van der Waals surface area contributed by atoms with Gasteiger partial charge in [0.25, 0.3) is 0 Å². The van der Waals surface area contributed by atoms with E-state index < -0.39 is 12.0 Å². The first-order valence-corrected chi connectivity index (χ1v) is 7.01. The number of carbonyl (C=O) groups excluding carboxylic acids is 2. The summed E-state index contributed by atoms with van der Waals surface area (Å²) in [7, 11) is 0. The van der Waals surface area contributed by atoms with Crippen molar-refractivity contribution in [1.82, 2.24) is 10.6 Å². The third-order valence-electron chi connectivity index (χ3n) is 2.82. The van der Waals surface area contributed by atoms with E-state index in [1.165, 1.54) is 0 Å². The van der Waals surface area contributed by atoms with Crippen molar-refractivity contribution in [3.05, 3.63) is 29.8 Å². The highest BCUT2D eigenvalue weighted by atomic mass is 16.4. The Balaban J connectivity index is 2.36. The number of amides is 3. The molecule has 0 spiro atoms. The molecule has 1 aromatic carbocycles. The Bertz CT molecular complexity index is 526. The topological polar surface area (TPSA) is 108 Å². The predicted molar refractivity (Wildman–Crippen MR) is 82.4 cm³/mol. The van der Waals surface area contributed by atoms with Crippen LogP contribution in [0.5, 0.6) is 0 Å². The van der Waals surface area contributed by atoms with Gasteiger partial charge in [-0.05, 0) is 17.7 Å². The second kappa shape index (κ2) is 8.66. The van der Waals surface area contributed by atoms with Gasteiger partial charge in [0.1, 0.15) is 0 Å². The number of rotatable bonds is 7. The van der Waals surface area contributed by atoms with Crippen LogP contribution in [0.2, 0.25) is 0 Å². The lowest BCUT2D eigenvalue weighted by molar-refractivity contribution is -0.136. The Kier molecular flexibility index (Phi) is 6.88. The summed E-state index contributed by atoms with van der Waals surface area (Å²) in [5, 5.41) is 16.3. The number of nitrogens with one attached hydrogen (secondary N) is 3. The molecule has 0 fully saturated rings. The molecule has 0 aliphatic carbocycles. The fourth-order valence-electron chi connectivity index (χ4n) is 1.52. The standard InChI is InChI=1S/C15H21N3O4/c1-10(2)14(21)18-12-5-3-11(4-6-12)9-17-15(22)16-8-7-13(19)20/h3-6,10H,7-9H2,1-2H3,(H,18,21)(H,19,20)(H2,16,17,22). The first-order chi connectivity index (χ1) is 10.4. The lowest BCUT2D eigenvalue weighted by Crippen LogP contribution is -2.36. The van der Waals surface area contributed by atoms with Crippen molar-refractivity contribution in [3.8, 4) is 0 Å². The van der Waals surface area contributed by atoms with Gasteiger partial charge in [-0.2, -0.15) is 0 Å². The minimum Gasteiger partial charge on any atom is -0.481 e. The van der Waals surface area contributed by atoms with E-state index in [0.717, 1.165) is 5.56 Å². The fraction of sp³-hybridized carbons (Fsp3) is 0.400. The van der Waals surface area contributed by atoms with E-state index in [4.69, 9.17) is 5.11 Å². The van der Waals surface area contributed by atoms with E-state index >= 15 is 0 Å². The summed E-state index contributed by atoms with van der Waals surface area (Å²) < 4.78 is 0. The van der Waals surface area contributed by atoms with Gasteiger partial charge < -0.3 is 21.1 Å². The third kappa shape index (κ3) is 6.74. The van der Waals surface area contributed by atoms with Gasteiger partial charge in [0, 0.05) is 24.7 Å². The molecule has 4 N–H and O–H groups in total. The zero-order valence-corrected chi connectivity index (χ0v) is 12.7. The van der Waals surface area contributed by atoms with Gasteiger partial charge in [0.05, 0.1) is 6.42 Å². The molecule has 0 atom stereocenters. The smallest absolute Gasteiger partial charge is 0.315 e. The molecule has 0 bridgehead atoms. The van der Waals surface area contributed by atoms with E-state index in [0.29, 0.717) is 12.2 Å². The van der Waals surface area contributed by atoms with Crippen LogP contribution in [0.25, 0.3) is 0 Å². The molecule has 7 heteroatoms. The highest BCUT2D eigenvalue weighted by Crippen LogP contribution is 2.10. The molecule has 0 aromatic heterocycles. The molecular formula is C15H21N3O4. The van der Waals surface area contributed by atoms with Crippen molar-refractivity contribution in [2.24, 2.45) is 5.92 Å². The Hall–Kier alpha value is -2.57. The zero-order chi connectivity index (χ0) is 16.5. The van der Waals surface area contributed by atoms with E-state index in [2.05, 4.69) is 16.0 Å². The molecule has 120 valence electrons. The lowest BCUT2D eigenvalue weighted by Gasteiger charge is -2.09. The molecule has 7 nitrogen and oxygen atoms in total. The van der Waals surface area contributed by atoms with E-state index in [9.17, 15) is 14.4 Å². The number of carboxylic acid groups (broad SMARTS) is 1. The van der Waals surface area contributed by atoms with Gasteiger partial charge in [-0.25, -0.2) is 4.79 Å². The highest BCUT2D eigenvalue weighted by molar-refractivity contribution is 5.92. The zero-order valence-electron chi connectivity index (χ0n) is 12.7. The fourth-order valence-corrected chi connectivity index (χ4v) is 1.52. The van der Waals surface area contributed by atoms with Gasteiger partial charge in [-0.1, -0.05) is 26.0 Å². The molecule has 0 saturated carbocycles. The largest absolute Gasteiger partial charge is 0.481 e. The number of anilines is 1. The SMILES string of the molecule is CC(C)C(=O)Nc1ccc(CNC(=O)NCCC(=O)O)cc1. The summed E-state index contributed by atoms with van der Waals surface area (Å²) in [5.41, 5.74) is 1.57. The van der Waals surface area contributed by atoms with Crippen LogP contribution in [-0.4, -0.2) is 29.6 Å². The summed E-state index contributed by atoms with van der Waals surface area (Å²) in [6, 6.07) is 6.71. The normalized spacial score (nSPS) is 10.1. The van der Waals surface area contributed by atoms with Crippen LogP contribution >= 0.6 is 0 Å². The first kappa shape index (κ1) is 17.5. The molecule has 0 heterocycles. The minimum absolute atomic E-state index is 0.0521. The Morgan fingerprint density at radius 3 is 2.27 bits per heavy atom. The van der Waals surface area contributed by atoms with Crippen LogP contribution in [0.1, 0.15) is 25.8 Å². The van der Waals surface area contributed by atoms with Crippen LogP contribution in [0.15, 0.2) is 24.3 Å². The summed E-state index contributed by atoms with van der Waals surface area (Å²) in [6.07, 6.45) is -0.113. The second-order valence-corrected chi connectivity index (χ2v) is 5.09. The average Bonchev–Trinajstić information content (AvgIpc) is 2.46. The van der Waals surface area contributed by atoms with Crippen molar-refractivity contribution in [2.75, 3.05) is 11.9 Å². The van der Waals surface area contributed by atoms with Crippen LogP contribution in [0, 0.1) is 5.92 Å². The third-order valence-corrected chi connectivity index (χ3v) is 2.82. The maximum Gasteiger partial charge on any atom is 0.315 e. The Labute approximate surface area is 129 Å². The lowest BCUT2D eigenvalue weighted by atomic mass is 10.1. The molecule has 0 aliphatic rings. The van der Waals surface area contributed by atoms with Gasteiger partial charge >= 0.3 is 12.0 Å². The monoisotopic (exact) mass is 307 g/mol. The van der Waals surface area contributed by atoms with E-state index in [1.54, 1.807) is 24.3 Å². The number of carbonyl (C=O) groups is 3. The Morgan fingerprint density at radius 1 is 1.09 bits per heavy atom. The number of hydrogen-bond acceptors (Lipinski definition) is 3.